The van der Waals surface area contributed by atoms with Gasteiger partial charge in [0, 0.05) is 30.9 Å². The minimum absolute atomic E-state index is 0.0184. The number of amides is 2. The molecule has 1 saturated carbocycles. The number of carbonyl (C=O) groups is 2. The van der Waals surface area contributed by atoms with Gasteiger partial charge < -0.3 is 21.1 Å². The Morgan fingerprint density at radius 3 is 2.66 bits per heavy atom. The maximum atomic E-state index is 12.9. The number of hydrogen-bond donors (Lipinski definition) is 3. The number of anilines is 1. The number of alkyl halides is 3. The average Bonchev–Trinajstić information content (AvgIpc) is 3.14. The largest absolute Gasteiger partial charge is 0.416 e. The third-order valence-corrected chi connectivity index (χ3v) is 7.03. The third kappa shape index (κ3) is 4.51. The molecule has 3 aromatic rings. The van der Waals surface area contributed by atoms with Gasteiger partial charge in [0.15, 0.2) is 11.8 Å². The van der Waals surface area contributed by atoms with Crippen LogP contribution in [-0.4, -0.2) is 77.6 Å². The van der Waals surface area contributed by atoms with E-state index in [4.69, 9.17) is 5.73 Å². The van der Waals surface area contributed by atoms with Crippen molar-refractivity contribution in [3.8, 4) is 17.3 Å². The summed E-state index contributed by atoms with van der Waals surface area (Å²) in [6.45, 7) is 1.92. The SMILES string of the molecule is C[C@H]1CN(C(=O)C2(C#N)CC2)C[C@H]1Nc1c(C(N)=O)cnn2cc(-c3cnn(CC(O)C(F)(F)F)c3)nc12. The zero-order valence-electron chi connectivity index (χ0n) is 20.2. The van der Waals surface area contributed by atoms with Crippen molar-refractivity contribution in [2.24, 2.45) is 17.1 Å². The topological polar surface area (TPSA) is 167 Å². The Balaban J connectivity index is 1.42. The number of nitrogens with one attached hydrogen (secondary N) is 1. The lowest BCUT2D eigenvalue weighted by Crippen LogP contribution is -2.36. The number of nitriles is 1. The van der Waals surface area contributed by atoms with E-state index in [-0.39, 0.29) is 29.1 Å². The molecule has 200 valence electrons. The van der Waals surface area contributed by atoms with Gasteiger partial charge in [-0.05, 0) is 18.8 Å². The lowest BCUT2D eigenvalue weighted by atomic mass is 10.1. The first-order valence-corrected chi connectivity index (χ1v) is 11.8. The number of rotatable bonds is 7. The van der Waals surface area contributed by atoms with Gasteiger partial charge >= 0.3 is 6.18 Å². The van der Waals surface area contributed by atoms with Crippen molar-refractivity contribution in [2.75, 3.05) is 18.4 Å². The number of hydrogen-bond acceptors (Lipinski definition) is 8. The van der Waals surface area contributed by atoms with E-state index in [1.807, 2.05) is 6.92 Å². The van der Waals surface area contributed by atoms with Crippen LogP contribution in [0, 0.1) is 22.7 Å². The molecule has 12 nitrogen and oxygen atoms in total. The second-order valence-corrected chi connectivity index (χ2v) is 9.83. The molecule has 3 atom stereocenters. The summed E-state index contributed by atoms with van der Waals surface area (Å²) in [5.74, 6) is -0.960. The maximum Gasteiger partial charge on any atom is 0.416 e. The Morgan fingerprint density at radius 1 is 1.29 bits per heavy atom. The monoisotopic (exact) mass is 531 g/mol. The number of carbonyl (C=O) groups excluding carboxylic acids is 2. The number of halogens is 3. The van der Waals surface area contributed by atoms with Crippen LogP contribution in [0.15, 0.2) is 24.8 Å². The fraction of sp³-hybridized carbons (Fsp3) is 0.478. The Labute approximate surface area is 213 Å². The standard InChI is InChI=1S/C23H24F3N9O3/c1-12-6-33(21(38)22(11-27)2-3-22)8-15(12)31-18-14(19(28)37)5-30-35-9-16(32-20(18)35)13-4-29-34(7-13)10-17(36)23(24,25)26/h4-5,7,9,12,15,17,31,36H,2-3,6,8,10H2,1H3,(H2,28,37)/t12-,15+,17?/m0/s1. The minimum Gasteiger partial charge on any atom is -0.382 e. The van der Waals surface area contributed by atoms with Crippen molar-refractivity contribution < 1.29 is 27.9 Å². The lowest BCUT2D eigenvalue weighted by molar-refractivity contribution is -0.208. The van der Waals surface area contributed by atoms with Gasteiger partial charge in [0.2, 0.25) is 5.91 Å². The van der Waals surface area contributed by atoms with E-state index in [9.17, 15) is 33.1 Å². The second-order valence-electron chi connectivity index (χ2n) is 9.83. The predicted molar refractivity (Wildman–Crippen MR) is 125 cm³/mol. The summed E-state index contributed by atoms with van der Waals surface area (Å²) in [5.41, 5.74) is 5.96. The number of aliphatic hydroxyl groups excluding tert-OH is 1. The fourth-order valence-electron chi connectivity index (χ4n) is 4.59. The van der Waals surface area contributed by atoms with Gasteiger partial charge in [-0.3, -0.25) is 14.3 Å². The van der Waals surface area contributed by atoms with E-state index in [1.54, 1.807) is 4.90 Å². The molecule has 2 aliphatic rings. The second kappa shape index (κ2) is 8.98. The minimum atomic E-state index is -4.78. The summed E-state index contributed by atoms with van der Waals surface area (Å²) in [6.07, 6.45) is -0.850. The lowest BCUT2D eigenvalue weighted by Gasteiger charge is -2.21. The van der Waals surface area contributed by atoms with Crippen LogP contribution < -0.4 is 11.1 Å². The highest BCUT2D eigenvalue weighted by atomic mass is 19.4. The number of aromatic nitrogens is 5. The van der Waals surface area contributed by atoms with Crippen LogP contribution in [0.1, 0.15) is 30.1 Å². The number of nitrogens with two attached hydrogens (primary N) is 1. The maximum absolute atomic E-state index is 12.9. The van der Waals surface area contributed by atoms with E-state index >= 15 is 0 Å². The van der Waals surface area contributed by atoms with Crippen LogP contribution in [0.25, 0.3) is 16.9 Å². The fourth-order valence-corrected chi connectivity index (χ4v) is 4.59. The van der Waals surface area contributed by atoms with Gasteiger partial charge in [-0.25, -0.2) is 9.50 Å². The Bertz CT molecular complexity index is 1450. The summed E-state index contributed by atoms with van der Waals surface area (Å²) in [6, 6.07) is 1.85. The van der Waals surface area contributed by atoms with E-state index in [1.165, 1.54) is 29.3 Å². The van der Waals surface area contributed by atoms with Crippen molar-refractivity contribution in [1.29, 1.82) is 5.26 Å². The average molecular weight is 531 g/mol. The molecule has 1 aliphatic carbocycles. The van der Waals surface area contributed by atoms with Gasteiger partial charge in [0.1, 0.15) is 5.41 Å². The number of imidazole rings is 1. The predicted octanol–water partition coefficient (Wildman–Crippen LogP) is 1.18. The van der Waals surface area contributed by atoms with Gasteiger partial charge in [-0.2, -0.15) is 28.6 Å². The van der Waals surface area contributed by atoms with Crippen LogP contribution in [-0.2, 0) is 11.3 Å². The van der Waals surface area contributed by atoms with Crippen molar-refractivity contribution in [3.05, 3.63) is 30.4 Å². The van der Waals surface area contributed by atoms with Crippen LogP contribution >= 0.6 is 0 Å². The molecule has 0 radical (unpaired) electrons. The molecular formula is C23H24F3N9O3. The Kier molecular flexibility index (Phi) is 6.02. The van der Waals surface area contributed by atoms with Gasteiger partial charge in [-0.15, -0.1) is 0 Å². The van der Waals surface area contributed by atoms with E-state index < -0.39 is 30.1 Å². The summed E-state index contributed by atoms with van der Waals surface area (Å²) in [5, 5.41) is 30.1. The molecule has 1 aliphatic heterocycles. The summed E-state index contributed by atoms with van der Waals surface area (Å²) < 4.78 is 40.4. The molecule has 15 heteroatoms. The van der Waals surface area contributed by atoms with Crippen LogP contribution in [0.2, 0.25) is 0 Å². The van der Waals surface area contributed by atoms with Crippen LogP contribution in [0.5, 0.6) is 0 Å². The molecule has 3 aromatic heterocycles. The zero-order chi connectivity index (χ0) is 27.4. The van der Waals surface area contributed by atoms with Crippen LogP contribution in [0.3, 0.4) is 0 Å². The molecule has 0 bridgehead atoms. The van der Waals surface area contributed by atoms with E-state index in [0.717, 1.165) is 4.68 Å². The van der Waals surface area contributed by atoms with Crippen molar-refractivity contribution in [2.45, 2.75) is 44.6 Å². The van der Waals surface area contributed by atoms with Gasteiger partial charge in [0.25, 0.3) is 5.91 Å². The first kappa shape index (κ1) is 25.5. The molecule has 4 N–H and O–H groups in total. The van der Waals surface area contributed by atoms with Crippen molar-refractivity contribution >= 4 is 23.1 Å². The smallest absolute Gasteiger partial charge is 0.382 e. The highest BCUT2D eigenvalue weighted by Gasteiger charge is 2.54. The molecule has 5 rings (SSSR count). The molecule has 2 amide bonds. The number of aliphatic hydroxyl groups is 1. The number of nitrogens with zero attached hydrogens (tertiary/aromatic N) is 7. The molecule has 1 saturated heterocycles. The van der Waals surface area contributed by atoms with Crippen molar-refractivity contribution in [3.63, 3.8) is 0 Å². The summed E-state index contributed by atoms with van der Waals surface area (Å²) >= 11 is 0. The van der Waals surface area contributed by atoms with Gasteiger partial charge in [0.05, 0.1) is 48.1 Å². The first-order chi connectivity index (χ1) is 17.9. The number of primary amides is 1. The Morgan fingerprint density at radius 2 is 2.03 bits per heavy atom. The first-order valence-electron chi connectivity index (χ1n) is 11.8. The third-order valence-electron chi connectivity index (χ3n) is 7.03. The Hall–Kier alpha value is -4.19. The molecule has 0 spiro atoms. The van der Waals surface area contributed by atoms with E-state index in [2.05, 4.69) is 26.6 Å². The highest BCUT2D eigenvalue weighted by molar-refractivity contribution is 6.01. The van der Waals surface area contributed by atoms with Crippen molar-refractivity contribution in [1.82, 2.24) is 29.3 Å². The molecule has 2 fully saturated rings. The number of likely N-dealkylation sites (tertiary alicyclic amines) is 1. The molecule has 4 heterocycles. The zero-order valence-corrected chi connectivity index (χ0v) is 20.2. The van der Waals surface area contributed by atoms with Gasteiger partial charge in [-0.1, -0.05) is 6.92 Å². The molecule has 0 aromatic carbocycles. The van der Waals surface area contributed by atoms with E-state index in [0.29, 0.717) is 42.9 Å². The molecule has 1 unspecified atom stereocenters. The molecular weight excluding hydrogens is 507 g/mol. The normalized spacial score (nSPS) is 21.3. The highest BCUT2D eigenvalue weighted by Crippen LogP contribution is 2.47. The quantitative estimate of drug-likeness (QED) is 0.408. The van der Waals surface area contributed by atoms with Crippen LogP contribution in [0.4, 0.5) is 18.9 Å². The molecule has 38 heavy (non-hydrogen) atoms. The summed E-state index contributed by atoms with van der Waals surface area (Å²) in [7, 11) is 0. The number of fused-ring (bicyclic) bond motifs is 1. The summed E-state index contributed by atoms with van der Waals surface area (Å²) in [4.78, 5) is 31.3.